The summed E-state index contributed by atoms with van der Waals surface area (Å²) in [5, 5.41) is 2.90. The summed E-state index contributed by atoms with van der Waals surface area (Å²) in [6.07, 6.45) is 3.37. The molecule has 4 nitrogen and oxygen atoms in total. The largest absolute Gasteiger partial charge is 0.354 e. The predicted octanol–water partition coefficient (Wildman–Crippen LogP) is 1.06. The molecule has 0 radical (unpaired) electrons. The highest BCUT2D eigenvalue weighted by Crippen LogP contribution is 2.27. The number of hydrogen-bond donors (Lipinski definition) is 1. The van der Waals surface area contributed by atoms with E-state index in [1.807, 2.05) is 25.9 Å². The molecule has 0 aliphatic heterocycles. The number of amides is 1. The number of nitrogens with one attached hydrogen (secondary N) is 1. The van der Waals surface area contributed by atoms with Crippen molar-refractivity contribution < 1.29 is 11.0 Å². The smallest absolute Gasteiger partial charge is 0.237 e. The Morgan fingerprint density at radius 3 is 2.76 bits per heavy atom. The minimum Gasteiger partial charge on any atom is -0.354 e. The summed E-state index contributed by atoms with van der Waals surface area (Å²) in [6.45, 7) is 2.37. The minimum absolute atomic E-state index is 0.0123. The van der Waals surface area contributed by atoms with Gasteiger partial charge in [-0.2, -0.15) is 0 Å². The molecule has 3 atom stereocenters. The Morgan fingerprint density at radius 1 is 1.53 bits per heavy atom. The Balaban J connectivity index is 2.45. The van der Waals surface area contributed by atoms with Crippen LogP contribution in [0.3, 0.4) is 0 Å². The molecule has 1 amide bonds. The lowest BCUT2D eigenvalue weighted by Gasteiger charge is -2.28. The first kappa shape index (κ1) is 12.6. The average molecular weight is 241 g/mol. The third kappa shape index (κ3) is 4.11. The first-order valence-corrected chi connectivity index (χ1v) is 6.38. The second-order valence-corrected chi connectivity index (χ2v) is 5.15. The Kier molecular flexibility index (Phi) is 4.98. The quantitative estimate of drug-likeness (QED) is 0.732. The maximum absolute atomic E-state index is 11.8. The van der Waals surface area contributed by atoms with Gasteiger partial charge < -0.3 is 10.1 Å². The van der Waals surface area contributed by atoms with Gasteiger partial charge in [0.1, 0.15) is 7.63 Å². The van der Waals surface area contributed by atoms with E-state index < -0.39 is 6.26 Å². The average Bonchev–Trinajstić information content (AvgIpc) is 2.35. The van der Waals surface area contributed by atoms with Crippen molar-refractivity contribution >= 4 is 12.2 Å². The molecule has 1 N–H and O–H groups in total. The molecule has 0 heterocycles. The molecule has 1 aliphatic rings. The minimum atomic E-state index is -0.477. The topological polar surface area (TPSA) is 49.4 Å². The Morgan fingerprint density at radius 2 is 2.18 bits per heavy atom. The van der Waals surface area contributed by atoms with Gasteiger partial charge in [-0.25, -0.2) is 0 Å². The van der Waals surface area contributed by atoms with Crippen LogP contribution < -0.4 is 5.32 Å². The number of aldehydes is 1. The maximum atomic E-state index is 11.8. The first-order valence-electron chi connectivity index (χ1n) is 6.88. The van der Waals surface area contributed by atoms with E-state index in [1.54, 1.807) is 0 Å². The van der Waals surface area contributed by atoms with Crippen LogP contribution in [0.15, 0.2) is 0 Å². The van der Waals surface area contributed by atoms with E-state index in [0.717, 1.165) is 25.7 Å². The summed E-state index contributed by atoms with van der Waals surface area (Å²) < 4.78 is 7.28. The molecular formula is C13H24N2O2. The number of rotatable bonds is 5. The van der Waals surface area contributed by atoms with E-state index in [2.05, 4.69) is 5.32 Å². The predicted molar refractivity (Wildman–Crippen MR) is 67.7 cm³/mol. The van der Waals surface area contributed by atoms with Crippen LogP contribution in [0.5, 0.6) is 0 Å². The van der Waals surface area contributed by atoms with Crippen molar-refractivity contribution in [3.05, 3.63) is 0 Å². The Bertz CT molecular complexity index is 307. The van der Waals surface area contributed by atoms with Gasteiger partial charge in [0.25, 0.3) is 0 Å². The van der Waals surface area contributed by atoms with E-state index in [4.69, 9.17) is 1.37 Å². The van der Waals surface area contributed by atoms with Crippen molar-refractivity contribution in [2.24, 2.45) is 11.8 Å². The first-order chi connectivity index (χ1) is 8.43. The van der Waals surface area contributed by atoms with Gasteiger partial charge in [0.05, 0.1) is 6.04 Å². The normalized spacial score (nSPS) is 27.4. The van der Waals surface area contributed by atoms with Crippen molar-refractivity contribution in [1.82, 2.24) is 10.2 Å². The van der Waals surface area contributed by atoms with Crippen LogP contribution in [0.2, 0.25) is 0 Å². The molecule has 4 heteroatoms. The summed E-state index contributed by atoms with van der Waals surface area (Å²) in [4.78, 5) is 24.9. The summed E-state index contributed by atoms with van der Waals surface area (Å²) in [6, 6.07) is -0.168. The summed E-state index contributed by atoms with van der Waals surface area (Å²) in [7, 11) is 3.72. The Hall–Kier alpha value is -0.900. The lowest BCUT2D eigenvalue weighted by Crippen LogP contribution is -2.44. The van der Waals surface area contributed by atoms with Crippen LogP contribution in [-0.2, 0) is 9.59 Å². The zero-order valence-corrected chi connectivity index (χ0v) is 11.0. The van der Waals surface area contributed by atoms with Crippen molar-refractivity contribution in [2.75, 3.05) is 20.6 Å². The molecule has 2 unspecified atom stereocenters. The van der Waals surface area contributed by atoms with E-state index in [1.165, 1.54) is 0 Å². The molecule has 0 bridgehead atoms. The van der Waals surface area contributed by atoms with Crippen molar-refractivity contribution in [1.29, 1.82) is 0 Å². The van der Waals surface area contributed by atoms with Gasteiger partial charge in [0.15, 0.2) is 0 Å². The van der Waals surface area contributed by atoms with Gasteiger partial charge in [-0.1, -0.05) is 12.8 Å². The van der Waals surface area contributed by atoms with Gasteiger partial charge in [-0.3, -0.25) is 9.69 Å². The molecule has 0 saturated heterocycles. The van der Waals surface area contributed by atoms with Crippen LogP contribution in [0, 0.1) is 11.8 Å². The SMILES string of the molecule is [2H]C(=O)C1CCCCC1CNC(=O)[C@H](C)N(C)C. The molecule has 0 aromatic rings. The van der Waals surface area contributed by atoms with Crippen LogP contribution in [0.4, 0.5) is 0 Å². The zero-order chi connectivity index (χ0) is 13.7. The van der Waals surface area contributed by atoms with Gasteiger partial charge in [0, 0.05) is 12.5 Å². The molecule has 1 fully saturated rings. The fraction of sp³-hybridized carbons (Fsp3) is 0.846. The van der Waals surface area contributed by atoms with E-state index in [-0.39, 0.29) is 23.8 Å². The second kappa shape index (κ2) is 6.74. The highest BCUT2D eigenvalue weighted by atomic mass is 16.2. The van der Waals surface area contributed by atoms with Crippen LogP contribution in [0.1, 0.15) is 34.0 Å². The lowest BCUT2D eigenvalue weighted by atomic mass is 9.80. The fourth-order valence-corrected chi connectivity index (χ4v) is 2.22. The molecule has 0 aromatic heterocycles. The third-order valence-electron chi connectivity index (χ3n) is 3.75. The number of hydrogen-bond acceptors (Lipinski definition) is 3. The number of carbonyl (C=O) groups excluding carboxylic acids is 2. The molecule has 0 aromatic carbocycles. The summed E-state index contributed by atoms with van der Waals surface area (Å²) in [5.74, 6) is -0.0578. The molecular weight excluding hydrogens is 216 g/mol. The van der Waals surface area contributed by atoms with Gasteiger partial charge in [0.2, 0.25) is 5.91 Å². The summed E-state index contributed by atoms with van der Waals surface area (Å²) >= 11 is 0. The number of nitrogens with zero attached hydrogens (tertiary/aromatic N) is 1. The van der Waals surface area contributed by atoms with Crippen LogP contribution >= 0.6 is 0 Å². The van der Waals surface area contributed by atoms with Gasteiger partial charge >= 0.3 is 0 Å². The molecule has 98 valence electrons. The molecule has 0 spiro atoms. The molecule has 17 heavy (non-hydrogen) atoms. The standard InChI is InChI=1S/C13H24N2O2/c1-10(15(2)3)13(17)14-8-11-6-4-5-7-12(11)9-16/h9-12H,4-8H2,1-3H3,(H,14,17)/t10-,11?,12?/m0/s1/i9D. The van der Waals surface area contributed by atoms with Crippen LogP contribution in [0.25, 0.3) is 0 Å². The molecule has 1 saturated carbocycles. The van der Waals surface area contributed by atoms with Crippen LogP contribution in [-0.4, -0.2) is 43.8 Å². The maximum Gasteiger partial charge on any atom is 0.237 e. The molecule has 1 rings (SSSR count). The highest BCUT2D eigenvalue weighted by Gasteiger charge is 2.25. The fourth-order valence-electron chi connectivity index (χ4n) is 2.22. The van der Waals surface area contributed by atoms with Crippen molar-refractivity contribution in [3.63, 3.8) is 0 Å². The number of likely N-dealkylation sites (N-methyl/N-ethyl adjacent to an activating group) is 1. The van der Waals surface area contributed by atoms with Crippen molar-refractivity contribution in [2.45, 2.75) is 38.6 Å². The van der Waals surface area contributed by atoms with E-state index in [0.29, 0.717) is 6.54 Å². The second-order valence-electron chi connectivity index (χ2n) is 5.15. The Labute approximate surface area is 105 Å². The molecule has 1 aliphatic carbocycles. The monoisotopic (exact) mass is 241 g/mol. The van der Waals surface area contributed by atoms with E-state index in [9.17, 15) is 9.59 Å². The third-order valence-corrected chi connectivity index (χ3v) is 3.75. The highest BCUT2D eigenvalue weighted by molar-refractivity contribution is 5.81. The van der Waals surface area contributed by atoms with Crippen molar-refractivity contribution in [3.8, 4) is 0 Å². The zero-order valence-electron chi connectivity index (χ0n) is 12.0. The van der Waals surface area contributed by atoms with Gasteiger partial charge in [-0.15, -0.1) is 0 Å². The lowest BCUT2D eigenvalue weighted by molar-refractivity contribution is -0.125. The summed E-state index contributed by atoms with van der Waals surface area (Å²) in [5.41, 5.74) is 0. The number of carbonyl (C=O) groups is 2. The van der Waals surface area contributed by atoms with E-state index >= 15 is 0 Å². The van der Waals surface area contributed by atoms with Gasteiger partial charge in [-0.05, 0) is 39.8 Å².